The molecule has 0 radical (unpaired) electrons. The van der Waals surface area contributed by atoms with Gasteiger partial charge in [-0.2, -0.15) is 0 Å². The van der Waals surface area contributed by atoms with Gasteiger partial charge < -0.3 is 14.5 Å². The second-order valence-electron chi connectivity index (χ2n) is 7.96. The van der Waals surface area contributed by atoms with E-state index in [2.05, 4.69) is 12.1 Å². The van der Waals surface area contributed by atoms with E-state index in [-0.39, 0.29) is 11.8 Å². The summed E-state index contributed by atoms with van der Waals surface area (Å²) in [5.41, 5.74) is 3.73. The third-order valence-corrected chi connectivity index (χ3v) is 5.96. The highest BCUT2D eigenvalue weighted by atomic mass is 16.5. The number of nitrogens with zero attached hydrogens (tertiary/aromatic N) is 2. The molecule has 0 bridgehead atoms. The number of benzene rings is 3. The van der Waals surface area contributed by atoms with E-state index in [1.165, 1.54) is 5.56 Å². The van der Waals surface area contributed by atoms with E-state index >= 15 is 0 Å². The standard InChI is InChI=1S/C27H28N2O3/c1-32-24-15-13-23(14-16-24)26(30)28-17-19-29(20-18-28)27(31)25-10-6-5-9-22(25)12-11-21-7-3-2-4-8-21/h2-10,13-16H,11-12,17-20H2,1H3. The highest BCUT2D eigenvalue weighted by molar-refractivity contribution is 5.97. The van der Waals surface area contributed by atoms with Crippen LogP contribution in [0.3, 0.4) is 0 Å². The van der Waals surface area contributed by atoms with Crippen molar-refractivity contribution in [3.63, 3.8) is 0 Å². The van der Waals surface area contributed by atoms with Crippen molar-refractivity contribution < 1.29 is 14.3 Å². The molecule has 1 aliphatic rings. The van der Waals surface area contributed by atoms with Gasteiger partial charge in [-0.15, -0.1) is 0 Å². The highest BCUT2D eigenvalue weighted by Crippen LogP contribution is 2.18. The molecule has 1 fully saturated rings. The number of carbonyl (C=O) groups is 2. The van der Waals surface area contributed by atoms with Crippen LogP contribution in [0.15, 0.2) is 78.9 Å². The van der Waals surface area contributed by atoms with Gasteiger partial charge in [-0.05, 0) is 54.3 Å². The molecule has 1 saturated heterocycles. The lowest BCUT2D eigenvalue weighted by molar-refractivity contribution is 0.0535. The fourth-order valence-corrected chi connectivity index (χ4v) is 4.07. The highest BCUT2D eigenvalue weighted by Gasteiger charge is 2.26. The van der Waals surface area contributed by atoms with Gasteiger partial charge in [0.2, 0.25) is 0 Å². The van der Waals surface area contributed by atoms with Gasteiger partial charge in [-0.25, -0.2) is 0 Å². The van der Waals surface area contributed by atoms with E-state index in [0.717, 1.165) is 29.7 Å². The summed E-state index contributed by atoms with van der Waals surface area (Å²) in [5.74, 6) is 0.760. The van der Waals surface area contributed by atoms with Crippen molar-refractivity contribution in [2.45, 2.75) is 12.8 Å². The van der Waals surface area contributed by atoms with Gasteiger partial charge in [-0.1, -0.05) is 48.5 Å². The maximum absolute atomic E-state index is 13.3. The predicted molar refractivity (Wildman–Crippen MR) is 125 cm³/mol. The molecular formula is C27H28N2O3. The van der Waals surface area contributed by atoms with Gasteiger partial charge in [-0.3, -0.25) is 9.59 Å². The molecule has 5 nitrogen and oxygen atoms in total. The minimum Gasteiger partial charge on any atom is -0.497 e. The zero-order valence-corrected chi connectivity index (χ0v) is 18.4. The van der Waals surface area contributed by atoms with Crippen LogP contribution in [0.5, 0.6) is 5.75 Å². The fraction of sp³-hybridized carbons (Fsp3) is 0.259. The summed E-state index contributed by atoms with van der Waals surface area (Å²) in [7, 11) is 1.60. The molecule has 3 aromatic carbocycles. The Hall–Kier alpha value is -3.60. The monoisotopic (exact) mass is 428 g/mol. The van der Waals surface area contributed by atoms with Gasteiger partial charge in [0, 0.05) is 37.3 Å². The van der Waals surface area contributed by atoms with Crippen LogP contribution in [-0.4, -0.2) is 54.9 Å². The number of carbonyl (C=O) groups excluding carboxylic acids is 2. The Morgan fingerprint density at radius 2 is 1.31 bits per heavy atom. The van der Waals surface area contributed by atoms with E-state index in [1.54, 1.807) is 31.4 Å². The maximum atomic E-state index is 13.3. The molecule has 0 spiro atoms. The first-order valence-corrected chi connectivity index (χ1v) is 11.0. The summed E-state index contributed by atoms with van der Waals surface area (Å²) >= 11 is 0. The molecule has 0 unspecified atom stereocenters. The lowest BCUT2D eigenvalue weighted by atomic mass is 9.99. The predicted octanol–water partition coefficient (Wildman–Crippen LogP) is 4.08. The second kappa shape index (κ2) is 10.1. The van der Waals surface area contributed by atoms with Gasteiger partial charge in [0.1, 0.15) is 5.75 Å². The summed E-state index contributed by atoms with van der Waals surface area (Å²) in [6.45, 7) is 2.13. The average Bonchev–Trinajstić information content (AvgIpc) is 2.87. The third-order valence-electron chi connectivity index (χ3n) is 5.96. The Morgan fingerprint density at radius 1 is 0.719 bits per heavy atom. The molecule has 1 heterocycles. The van der Waals surface area contributed by atoms with E-state index in [0.29, 0.717) is 31.7 Å². The first-order chi connectivity index (χ1) is 15.7. The smallest absolute Gasteiger partial charge is 0.254 e. The van der Waals surface area contributed by atoms with Crippen LogP contribution in [0.25, 0.3) is 0 Å². The van der Waals surface area contributed by atoms with Gasteiger partial charge in [0.25, 0.3) is 11.8 Å². The van der Waals surface area contributed by atoms with E-state index in [1.807, 2.05) is 52.3 Å². The summed E-state index contributed by atoms with van der Waals surface area (Å²) in [4.78, 5) is 29.7. The Morgan fingerprint density at radius 3 is 1.97 bits per heavy atom. The molecule has 0 saturated carbocycles. The second-order valence-corrected chi connectivity index (χ2v) is 7.96. The summed E-state index contributed by atoms with van der Waals surface area (Å²) in [5, 5.41) is 0. The maximum Gasteiger partial charge on any atom is 0.254 e. The number of aryl methyl sites for hydroxylation is 2. The topological polar surface area (TPSA) is 49.9 Å². The third kappa shape index (κ3) is 4.99. The zero-order chi connectivity index (χ0) is 22.3. The SMILES string of the molecule is COc1ccc(C(=O)N2CCN(C(=O)c3ccccc3CCc3ccccc3)CC2)cc1. The van der Waals surface area contributed by atoms with Gasteiger partial charge >= 0.3 is 0 Å². The first-order valence-electron chi connectivity index (χ1n) is 11.0. The normalized spacial score (nSPS) is 13.7. The summed E-state index contributed by atoms with van der Waals surface area (Å²) in [6, 6.07) is 25.3. The van der Waals surface area contributed by atoms with Crippen molar-refractivity contribution in [2.75, 3.05) is 33.3 Å². The number of rotatable bonds is 6. The Bertz CT molecular complexity index is 1060. The van der Waals surface area contributed by atoms with Crippen LogP contribution >= 0.6 is 0 Å². The molecule has 0 aromatic heterocycles. The average molecular weight is 429 g/mol. The molecule has 1 aliphatic heterocycles. The molecule has 0 N–H and O–H groups in total. The number of hydrogen-bond donors (Lipinski definition) is 0. The van der Waals surface area contributed by atoms with Crippen molar-refractivity contribution in [1.82, 2.24) is 9.80 Å². The van der Waals surface area contributed by atoms with E-state index in [9.17, 15) is 9.59 Å². The lowest BCUT2D eigenvalue weighted by Gasteiger charge is -2.35. The first kappa shape index (κ1) is 21.6. The molecule has 164 valence electrons. The van der Waals surface area contributed by atoms with Gasteiger partial charge in [0.15, 0.2) is 0 Å². The number of amides is 2. The van der Waals surface area contributed by atoms with Crippen LogP contribution in [0.4, 0.5) is 0 Å². The molecule has 3 aromatic rings. The molecular weight excluding hydrogens is 400 g/mol. The minimum absolute atomic E-state index is 0.0111. The van der Waals surface area contributed by atoms with Crippen LogP contribution in [0.2, 0.25) is 0 Å². The molecule has 2 amide bonds. The molecule has 0 aliphatic carbocycles. The van der Waals surface area contributed by atoms with Crippen molar-refractivity contribution in [3.05, 3.63) is 101 Å². The minimum atomic E-state index is -0.0111. The Kier molecular flexibility index (Phi) is 6.85. The molecule has 32 heavy (non-hydrogen) atoms. The molecule has 4 rings (SSSR count). The van der Waals surface area contributed by atoms with Crippen LogP contribution in [0.1, 0.15) is 31.8 Å². The van der Waals surface area contributed by atoms with Crippen LogP contribution < -0.4 is 4.74 Å². The number of piperazine rings is 1. The largest absolute Gasteiger partial charge is 0.497 e. The van der Waals surface area contributed by atoms with E-state index in [4.69, 9.17) is 4.74 Å². The van der Waals surface area contributed by atoms with Crippen molar-refractivity contribution in [1.29, 1.82) is 0 Å². The summed E-state index contributed by atoms with van der Waals surface area (Å²) in [6.07, 6.45) is 1.72. The van der Waals surface area contributed by atoms with Crippen molar-refractivity contribution >= 4 is 11.8 Å². The van der Waals surface area contributed by atoms with Crippen LogP contribution in [0, 0.1) is 0 Å². The molecule has 0 atom stereocenters. The van der Waals surface area contributed by atoms with Crippen molar-refractivity contribution in [2.24, 2.45) is 0 Å². The fourth-order valence-electron chi connectivity index (χ4n) is 4.07. The Balaban J connectivity index is 1.37. The number of methoxy groups -OCH3 is 1. The van der Waals surface area contributed by atoms with Crippen LogP contribution in [-0.2, 0) is 12.8 Å². The Labute approximate surface area is 189 Å². The quantitative estimate of drug-likeness (QED) is 0.595. The lowest BCUT2D eigenvalue weighted by Crippen LogP contribution is -2.50. The molecule has 5 heteroatoms. The summed E-state index contributed by atoms with van der Waals surface area (Å²) < 4.78 is 5.16. The number of ether oxygens (including phenoxy) is 1. The van der Waals surface area contributed by atoms with Gasteiger partial charge in [0.05, 0.1) is 7.11 Å². The number of hydrogen-bond acceptors (Lipinski definition) is 3. The van der Waals surface area contributed by atoms with E-state index < -0.39 is 0 Å². The zero-order valence-electron chi connectivity index (χ0n) is 18.4. The van der Waals surface area contributed by atoms with Crippen molar-refractivity contribution in [3.8, 4) is 5.75 Å².